The van der Waals surface area contributed by atoms with Crippen molar-refractivity contribution >= 4 is 23.2 Å². The summed E-state index contributed by atoms with van der Waals surface area (Å²) in [5, 5.41) is 3.17. The number of halogens is 3. The number of nitrogens with one attached hydrogen (secondary N) is 1. The largest absolute Gasteiger partial charge is 0.435 e. The molecule has 0 unspecified atom stereocenters. The molecule has 0 bridgehead atoms. The summed E-state index contributed by atoms with van der Waals surface area (Å²) >= 11 is 5.87. The van der Waals surface area contributed by atoms with Crippen LogP contribution in [0.25, 0.3) is 0 Å². The summed E-state index contributed by atoms with van der Waals surface area (Å²) in [6.07, 6.45) is 0. The minimum absolute atomic E-state index is 0.0690. The third-order valence-corrected chi connectivity index (χ3v) is 3.00. The van der Waals surface area contributed by atoms with Crippen LogP contribution in [0.2, 0.25) is 5.02 Å². The zero-order chi connectivity index (χ0) is 15.4. The van der Waals surface area contributed by atoms with Gasteiger partial charge in [-0.05, 0) is 42.8 Å². The van der Waals surface area contributed by atoms with Gasteiger partial charge < -0.3 is 10.1 Å². The Labute approximate surface area is 125 Å². The smallest absolute Gasteiger partial charge is 0.387 e. The molecule has 0 aliphatic carbocycles. The van der Waals surface area contributed by atoms with Gasteiger partial charge in [-0.3, -0.25) is 4.79 Å². The molecule has 1 amide bonds. The molecule has 0 aromatic heterocycles. The van der Waals surface area contributed by atoms with Crippen molar-refractivity contribution in [3.63, 3.8) is 0 Å². The minimum atomic E-state index is -2.93. The highest BCUT2D eigenvalue weighted by Crippen LogP contribution is 2.22. The number of anilines is 1. The predicted octanol–water partition coefficient (Wildman–Crippen LogP) is 4.50. The molecule has 1 N–H and O–H groups in total. The number of hydrogen-bond acceptors (Lipinski definition) is 2. The van der Waals surface area contributed by atoms with E-state index in [9.17, 15) is 13.6 Å². The molecule has 110 valence electrons. The fourth-order valence-corrected chi connectivity index (χ4v) is 1.91. The first-order valence-electron chi connectivity index (χ1n) is 6.08. The van der Waals surface area contributed by atoms with Crippen molar-refractivity contribution in [1.29, 1.82) is 0 Å². The van der Waals surface area contributed by atoms with Crippen LogP contribution in [-0.4, -0.2) is 12.5 Å². The van der Waals surface area contributed by atoms with E-state index >= 15 is 0 Å². The molecule has 0 aliphatic heterocycles. The van der Waals surface area contributed by atoms with E-state index in [2.05, 4.69) is 10.1 Å². The average Bonchev–Trinajstić information content (AvgIpc) is 2.42. The van der Waals surface area contributed by atoms with Gasteiger partial charge in [0.05, 0.1) is 0 Å². The van der Waals surface area contributed by atoms with Gasteiger partial charge in [0.1, 0.15) is 5.75 Å². The maximum Gasteiger partial charge on any atom is 0.387 e. The molecule has 0 heterocycles. The van der Waals surface area contributed by atoms with Crippen molar-refractivity contribution in [3.05, 3.63) is 58.6 Å². The lowest BCUT2D eigenvalue weighted by Crippen LogP contribution is -2.13. The van der Waals surface area contributed by atoms with E-state index in [1.807, 2.05) is 6.92 Å². The van der Waals surface area contributed by atoms with Gasteiger partial charge in [0, 0.05) is 16.3 Å². The Balaban J connectivity index is 2.18. The monoisotopic (exact) mass is 311 g/mol. The van der Waals surface area contributed by atoms with Crippen LogP contribution in [0.5, 0.6) is 5.75 Å². The minimum Gasteiger partial charge on any atom is -0.435 e. The van der Waals surface area contributed by atoms with E-state index in [0.717, 1.165) is 5.56 Å². The van der Waals surface area contributed by atoms with Gasteiger partial charge >= 0.3 is 6.61 Å². The van der Waals surface area contributed by atoms with Crippen LogP contribution in [0, 0.1) is 6.92 Å². The van der Waals surface area contributed by atoms with Gasteiger partial charge in [-0.25, -0.2) is 0 Å². The van der Waals surface area contributed by atoms with Crippen molar-refractivity contribution in [2.75, 3.05) is 5.32 Å². The van der Waals surface area contributed by atoms with Crippen LogP contribution in [0.3, 0.4) is 0 Å². The Bertz CT molecular complexity index is 662. The van der Waals surface area contributed by atoms with Gasteiger partial charge in [-0.15, -0.1) is 0 Å². The van der Waals surface area contributed by atoms with Gasteiger partial charge in [-0.2, -0.15) is 8.78 Å². The third-order valence-electron chi connectivity index (χ3n) is 2.77. The fraction of sp³-hybridized carbons (Fsp3) is 0.133. The van der Waals surface area contributed by atoms with Crippen LogP contribution in [0.1, 0.15) is 15.9 Å². The van der Waals surface area contributed by atoms with Crippen LogP contribution >= 0.6 is 11.6 Å². The third kappa shape index (κ3) is 4.16. The van der Waals surface area contributed by atoms with E-state index in [-0.39, 0.29) is 11.3 Å². The van der Waals surface area contributed by atoms with Gasteiger partial charge in [-0.1, -0.05) is 23.7 Å². The van der Waals surface area contributed by atoms with Crippen LogP contribution in [-0.2, 0) is 0 Å². The molecule has 0 saturated carbocycles. The number of amides is 1. The lowest BCUT2D eigenvalue weighted by molar-refractivity contribution is -0.0498. The maximum atomic E-state index is 12.2. The van der Waals surface area contributed by atoms with Crippen LogP contribution in [0.15, 0.2) is 42.5 Å². The first kappa shape index (κ1) is 15.3. The Kier molecular flexibility index (Phi) is 4.75. The lowest BCUT2D eigenvalue weighted by Gasteiger charge is -2.10. The second-order valence-electron chi connectivity index (χ2n) is 4.32. The van der Waals surface area contributed by atoms with E-state index in [4.69, 9.17) is 11.6 Å². The number of ether oxygens (including phenoxy) is 1. The highest BCUT2D eigenvalue weighted by molar-refractivity contribution is 6.31. The number of alkyl halides is 2. The summed E-state index contributed by atoms with van der Waals surface area (Å²) in [5.74, 6) is -0.499. The lowest BCUT2D eigenvalue weighted by atomic mass is 10.1. The van der Waals surface area contributed by atoms with Crippen LogP contribution in [0.4, 0.5) is 14.5 Å². The van der Waals surface area contributed by atoms with Gasteiger partial charge in [0.25, 0.3) is 5.91 Å². The van der Waals surface area contributed by atoms with Gasteiger partial charge in [0.2, 0.25) is 0 Å². The highest BCUT2D eigenvalue weighted by atomic mass is 35.5. The second kappa shape index (κ2) is 6.54. The zero-order valence-electron chi connectivity index (χ0n) is 11.1. The Morgan fingerprint density at radius 1 is 1.24 bits per heavy atom. The first-order valence-corrected chi connectivity index (χ1v) is 6.46. The maximum absolute atomic E-state index is 12.2. The van der Waals surface area contributed by atoms with E-state index in [1.165, 1.54) is 24.3 Å². The molecular weight excluding hydrogens is 300 g/mol. The van der Waals surface area contributed by atoms with Crippen LogP contribution < -0.4 is 10.1 Å². The Hall–Kier alpha value is -2.14. The van der Waals surface area contributed by atoms with Crippen molar-refractivity contribution in [3.8, 4) is 5.75 Å². The molecule has 0 saturated heterocycles. The summed E-state index contributed by atoms with van der Waals surface area (Å²) in [6.45, 7) is -1.11. The quantitative estimate of drug-likeness (QED) is 0.902. The van der Waals surface area contributed by atoms with Crippen molar-refractivity contribution < 1.29 is 18.3 Å². The normalized spacial score (nSPS) is 10.5. The van der Waals surface area contributed by atoms with E-state index in [0.29, 0.717) is 10.7 Å². The molecule has 0 aliphatic rings. The summed E-state index contributed by atoms with van der Waals surface area (Å²) in [7, 11) is 0. The number of benzene rings is 2. The topological polar surface area (TPSA) is 38.3 Å². The molecular formula is C15H12ClF2NO2. The molecule has 0 spiro atoms. The predicted molar refractivity (Wildman–Crippen MR) is 77.2 cm³/mol. The average molecular weight is 312 g/mol. The molecule has 2 aromatic carbocycles. The van der Waals surface area contributed by atoms with Crippen molar-refractivity contribution in [2.24, 2.45) is 0 Å². The SMILES string of the molecule is Cc1ccc(Cl)cc1NC(=O)c1cccc(OC(F)F)c1. The summed E-state index contributed by atoms with van der Waals surface area (Å²) in [4.78, 5) is 12.1. The zero-order valence-corrected chi connectivity index (χ0v) is 11.8. The Morgan fingerprint density at radius 2 is 2.00 bits per heavy atom. The standard InChI is InChI=1S/C15H12ClF2NO2/c1-9-5-6-11(16)8-13(9)19-14(20)10-3-2-4-12(7-10)21-15(17)18/h2-8,15H,1H3,(H,19,20). The number of carbonyl (C=O) groups is 1. The van der Waals surface area contributed by atoms with Crippen molar-refractivity contribution in [2.45, 2.75) is 13.5 Å². The molecule has 0 fully saturated rings. The molecule has 6 heteroatoms. The fourth-order valence-electron chi connectivity index (χ4n) is 1.74. The molecule has 3 nitrogen and oxygen atoms in total. The van der Waals surface area contributed by atoms with Crippen molar-refractivity contribution in [1.82, 2.24) is 0 Å². The second-order valence-corrected chi connectivity index (χ2v) is 4.76. The summed E-state index contributed by atoms with van der Waals surface area (Å²) in [5.41, 5.74) is 1.62. The highest BCUT2D eigenvalue weighted by Gasteiger charge is 2.11. The molecule has 0 radical (unpaired) electrons. The Morgan fingerprint density at radius 3 is 2.71 bits per heavy atom. The number of aryl methyl sites for hydroxylation is 1. The summed E-state index contributed by atoms with van der Waals surface area (Å²) in [6, 6.07) is 10.7. The molecule has 21 heavy (non-hydrogen) atoms. The first-order chi connectivity index (χ1) is 9.95. The molecule has 0 atom stereocenters. The van der Waals surface area contributed by atoms with Gasteiger partial charge in [0.15, 0.2) is 0 Å². The number of hydrogen-bond donors (Lipinski definition) is 1. The number of carbonyl (C=O) groups excluding carboxylic acids is 1. The number of rotatable bonds is 4. The van der Waals surface area contributed by atoms with E-state index < -0.39 is 12.5 Å². The molecule has 2 aromatic rings. The molecule has 2 rings (SSSR count). The summed E-state index contributed by atoms with van der Waals surface area (Å²) < 4.78 is 28.6. The van der Waals surface area contributed by atoms with E-state index in [1.54, 1.807) is 18.2 Å².